The molecule has 0 saturated carbocycles. The number of Topliss-reactive ketones (excluding diaryl/α,β-unsaturated/α-hetero) is 1. The number of carbonyl (C=O) groups excluding carboxylic acids is 2. The van der Waals surface area contributed by atoms with Crippen molar-refractivity contribution >= 4 is 11.6 Å². The Morgan fingerprint density at radius 3 is 2.56 bits per heavy atom. The van der Waals surface area contributed by atoms with Gasteiger partial charge in [-0.1, -0.05) is 25.7 Å². The third-order valence-electron chi connectivity index (χ3n) is 5.90. The molecular weight excluding hydrogens is 344 g/mol. The minimum atomic E-state index is -1.03. The van der Waals surface area contributed by atoms with Crippen molar-refractivity contribution < 1.29 is 24.2 Å². The number of ether oxygens (including phenoxy) is 2. The molecule has 0 spiro atoms. The Labute approximate surface area is 159 Å². The van der Waals surface area contributed by atoms with Crippen LogP contribution in [0.15, 0.2) is 48.1 Å². The summed E-state index contributed by atoms with van der Waals surface area (Å²) in [6.45, 7) is 7.35. The molecule has 1 N–H and O–H groups in total. The molecule has 0 amide bonds. The maximum Gasteiger partial charge on any atom is 0.163 e. The number of phenols is 1. The first-order valence-corrected chi connectivity index (χ1v) is 8.83. The molecule has 0 radical (unpaired) electrons. The Morgan fingerprint density at radius 1 is 1.26 bits per heavy atom. The number of benzene rings is 1. The van der Waals surface area contributed by atoms with Gasteiger partial charge < -0.3 is 14.6 Å². The summed E-state index contributed by atoms with van der Waals surface area (Å²) in [6, 6.07) is 3.15. The summed E-state index contributed by atoms with van der Waals surface area (Å²) in [6.07, 6.45) is 5.49. The summed E-state index contributed by atoms with van der Waals surface area (Å²) < 4.78 is 10.7. The van der Waals surface area contributed by atoms with Gasteiger partial charge in [-0.15, -0.1) is 0 Å². The molecule has 1 aromatic carbocycles. The number of fused-ring (bicyclic) bond motifs is 1. The van der Waals surface area contributed by atoms with Gasteiger partial charge in [0, 0.05) is 29.5 Å². The molecule has 1 aromatic rings. The number of hydrogen-bond donors (Lipinski definition) is 1. The molecule has 0 saturated heterocycles. The van der Waals surface area contributed by atoms with Gasteiger partial charge in [0.1, 0.15) is 17.2 Å². The second-order valence-electron chi connectivity index (χ2n) is 7.23. The highest BCUT2D eigenvalue weighted by Crippen LogP contribution is 2.58. The van der Waals surface area contributed by atoms with Crippen LogP contribution in [0.2, 0.25) is 0 Å². The van der Waals surface area contributed by atoms with E-state index in [0.717, 1.165) is 5.57 Å². The first-order chi connectivity index (χ1) is 12.8. The van der Waals surface area contributed by atoms with Crippen molar-refractivity contribution in [2.24, 2.45) is 11.3 Å². The molecule has 27 heavy (non-hydrogen) atoms. The van der Waals surface area contributed by atoms with Crippen molar-refractivity contribution in [3.63, 3.8) is 0 Å². The lowest BCUT2D eigenvalue weighted by Gasteiger charge is -2.47. The van der Waals surface area contributed by atoms with Gasteiger partial charge in [-0.2, -0.15) is 0 Å². The summed E-state index contributed by atoms with van der Waals surface area (Å²) in [4.78, 5) is 26.0. The fraction of sp³-hybridized carbons (Fsp3) is 0.364. The summed E-state index contributed by atoms with van der Waals surface area (Å²) >= 11 is 0. The van der Waals surface area contributed by atoms with Crippen molar-refractivity contribution in [1.82, 2.24) is 0 Å². The molecule has 0 aromatic heterocycles. The minimum absolute atomic E-state index is 0.0339. The summed E-state index contributed by atoms with van der Waals surface area (Å²) in [7, 11) is 2.99. The van der Waals surface area contributed by atoms with E-state index >= 15 is 0 Å². The zero-order valence-electron chi connectivity index (χ0n) is 16.0. The van der Waals surface area contributed by atoms with Crippen LogP contribution < -0.4 is 9.47 Å². The largest absolute Gasteiger partial charge is 0.507 e. The number of hydrogen-bond acceptors (Lipinski definition) is 5. The highest BCUT2D eigenvalue weighted by atomic mass is 16.5. The van der Waals surface area contributed by atoms with Crippen LogP contribution in [0.1, 0.15) is 31.7 Å². The second-order valence-corrected chi connectivity index (χ2v) is 7.23. The molecule has 2 aliphatic rings. The number of rotatable bonds is 4. The number of phenolic OH excluding ortho intramolecular Hbond substituents is 1. The lowest BCUT2D eigenvalue weighted by molar-refractivity contribution is -0.137. The van der Waals surface area contributed by atoms with Gasteiger partial charge in [0.2, 0.25) is 0 Å². The van der Waals surface area contributed by atoms with Gasteiger partial charge in [0.05, 0.1) is 19.6 Å². The quantitative estimate of drug-likeness (QED) is 0.877. The zero-order valence-corrected chi connectivity index (χ0v) is 16.0. The van der Waals surface area contributed by atoms with Crippen LogP contribution in [0.5, 0.6) is 17.2 Å². The Balaban J connectivity index is 2.31. The highest BCUT2D eigenvalue weighted by molar-refractivity contribution is 6.13. The number of aromatic hydroxyl groups is 1. The van der Waals surface area contributed by atoms with Crippen molar-refractivity contribution in [3.8, 4) is 17.2 Å². The Morgan fingerprint density at radius 2 is 1.96 bits per heavy atom. The van der Waals surface area contributed by atoms with E-state index in [9.17, 15) is 14.7 Å². The molecule has 0 aliphatic heterocycles. The SMILES string of the molecule is C=CC1=CCC2C(=O)C(C)=CC(=O)C2(C)C1c1c(O)cc(OC)cc1OC. The number of carbonyl (C=O) groups is 2. The molecule has 2 aliphatic carbocycles. The van der Waals surface area contributed by atoms with Crippen LogP contribution in [0.4, 0.5) is 0 Å². The lowest BCUT2D eigenvalue weighted by atomic mass is 9.53. The van der Waals surface area contributed by atoms with Gasteiger partial charge >= 0.3 is 0 Å². The molecule has 3 rings (SSSR count). The van der Waals surface area contributed by atoms with Crippen LogP contribution in [0, 0.1) is 11.3 Å². The molecule has 0 bridgehead atoms. The summed E-state index contributed by atoms with van der Waals surface area (Å²) in [5, 5.41) is 10.8. The van der Waals surface area contributed by atoms with Gasteiger partial charge in [0.25, 0.3) is 0 Å². The molecular formula is C22H24O5. The Hall–Kier alpha value is -2.82. The van der Waals surface area contributed by atoms with E-state index in [1.54, 1.807) is 26.0 Å². The maximum absolute atomic E-state index is 13.1. The van der Waals surface area contributed by atoms with Crippen LogP contribution >= 0.6 is 0 Å². The fourth-order valence-electron chi connectivity index (χ4n) is 4.39. The van der Waals surface area contributed by atoms with Crippen molar-refractivity contribution in [2.75, 3.05) is 14.2 Å². The summed E-state index contributed by atoms with van der Waals surface area (Å²) in [5.41, 5.74) is 0.698. The Bertz CT molecular complexity index is 892. The van der Waals surface area contributed by atoms with E-state index in [1.165, 1.54) is 26.4 Å². The van der Waals surface area contributed by atoms with E-state index in [0.29, 0.717) is 29.1 Å². The van der Waals surface area contributed by atoms with Gasteiger partial charge in [0.15, 0.2) is 11.6 Å². The van der Waals surface area contributed by atoms with Crippen LogP contribution in [-0.4, -0.2) is 30.9 Å². The monoisotopic (exact) mass is 368 g/mol. The minimum Gasteiger partial charge on any atom is -0.507 e. The smallest absolute Gasteiger partial charge is 0.163 e. The standard InChI is InChI=1S/C22H24O5/c1-6-13-7-8-15-21(25)12(2)9-18(24)22(15,3)20(13)19-16(23)10-14(26-4)11-17(19)27-5/h6-7,9-11,15,20,23H,1,8H2,2-5H3. The average molecular weight is 368 g/mol. The van der Waals surface area contributed by atoms with E-state index in [-0.39, 0.29) is 17.3 Å². The lowest BCUT2D eigenvalue weighted by Crippen LogP contribution is -2.49. The molecule has 0 heterocycles. The topological polar surface area (TPSA) is 72.8 Å². The van der Waals surface area contributed by atoms with Crippen LogP contribution in [-0.2, 0) is 9.59 Å². The second kappa shape index (κ2) is 6.72. The van der Waals surface area contributed by atoms with Gasteiger partial charge in [-0.05, 0) is 30.6 Å². The predicted octanol–water partition coefficient (Wildman–Crippen LogP) is 3.73. The molecule has 5 nitrogen and oxygen atoms in total. The number of allylic oxidation sites excluding steroid dienone is 5. The van der Waals surface area contributed by atoms with E-state index in [4.69, 9.17) is 9.47 Å². The number of methoxy groups -OCH3 is 2. The van der Waals surface area contributed by atoms with Gasteiger partial charge in [-0.3, -0.25) is 9.59 Å². The molecule has 142 valence electrons. The summed E-state index contributed by atoms with van der Waals surface area (Å²) in [5.74, 6) is -0.412. The zero-order chi connectivity index (χ0) is 19.9. The first kappa shape index (κ1) is 19.0. The normalized spacial score (nSPS) is 27.4. The van der Waals surface area contributed by atoms with Crippen LogP contribution in [0.3, 0.4) is 0 Å². The first-order valence-electron chi connectivity index (χ1n) is 8.83. The molecule has 5 heteroatoms. The number of ketones is 2. The van der Waals surface area contributed by atoms with Crippen molar-refractivity contribution in [2.45, 2.75) is 26.2 Å². The van der Waals surface area contributed by atoms with E-state index in [1.807, 2.05) is 6.08 Å². The van der Waals surface area contributed by atoms with Crippen molar-refractivity contribution in [3.05, 3.63) is 53.6 Å². The predicted molar refractivity (Wildman–Crippen MR) is 102 cm³/mol. The molecule has 3 unspecified atom stereocenters. The molecule has 3 atom stereocenters. The van der Waals surface area contributed by atoms with Crippen molar-refractivity contribution in [1.29, 1.82) is 0 Å². The van der Waals surface area contributed by atoms with Gasteiger partial charge in [-0.25, -0.2) is 0 Å². The van der Waals surface area contributed by atoms with Crippen LogP contribution in [0.25, 0.3) is 0 Å². The maximum atomic E-state index is 13.1. The Kier molecular flexibility index (Phi) is 4.72. The third kappa shape index (κ3) is 2.69. The van der Waals surface area contributed by atoms with E-state index < -0.39 is 17.3 Å². The van der Waals surface area contributed by atoms with E-state index in [2.05, 4.69) is 6.58 Å². The average Bonchev–Trinajstić information content (AvgIpc) is 2.65. The third-order valence-corrected chi connectivity index (χ3v) is 5.90. The fourth-order valence-corrected chi connectivity index (χ4v) is 4.39. The highest BCUT2D eigenvalue weighted by Gasteiger charge is 2.55. The molecule has 0 fully saturated rings.